The fourth-order valence-electron chi connectivity index (χ4n) is 3.88. The minimum Gasteiger partial charge on any atom is -0.497 e. The number of hydrogen-bond donors (Lipinski definition) is 1. The summed E-state index contributed by atoms with van der Waals surface area (Å²) in [6.07, 6.45) is 1.81. The lowest BCUT2D eigenvalue weighted by Crippen LogP contribution is -2.54. The summed E-state index contributed by atoms with van der Waals surface area (Å²) >= 11 is 0. The SMILES string of the molecule is COc1ccc(/C=C2\C(=O)NC(=O)N(c3cccc(C)c3C)C2=O)c(Cc2cccc(F)c2)c1. The first-order chi connectivity index (χ1) is 16.3. The van der Waals surface area contributed by atoms with Crippen LogP contribution in [-0.4, -0.2) is 25.0 Å². The number of nitrogens with one attached hydrogen (secondary N) is 1. The Kier molecular flexibility index (Phi) is 6.27. The molecule has 34 heavy (non-hydrogen) atoms. The van der Waals surface area contributed by atoms with Crippen LogP contribution in [0.25, 0.3) is 6.08 Å². The second kappa shape index (κ2) is 9.31. The third-order valence-corrected chi connectivity index (χ3v) is 5.85. The van der Waals surface area contributed by atoms with Gasteiger partial charge in [-0.1, -0.05) is 30.3 Å². The quantitative estimate of drug-likeness (QED) is 0.444. The fraction of sp³-hybridized carbons (Fsp3) is 0.148. The average Bonchev–Trinajstić information content (AvgIpc) is 2.80. The molecule has 1 N–H and O–H groups in total. The molecule has 4 rings (SSSR count). The molecule has 0 aromatic heterocycles. The predicted octanol–water partition coefficient (Wildman–Crippen LogP) is 4.71. The molecule has 0 bridgehead atoms. The number of aryl methyl sites for hydroxylation is 1. The molecule has 3 aromatic carbocycles. The van der Waals surface area contributed by atoms with E-state index >= 15 is 0 Å². The molecule has 0 radical (unpaired) electrons. The van der Waals surface area contributed by atoms with Crippen molar-refractivity contribution in [3.05, 3.63) is 99.9 Å². The normalized spacial score (nSPS) is 15.0. The summed E-state index contributed by atoms with van der Waals surface area (Å²) in [6, 6.07) is 15.9. The highest BCUT2D eigenvalue weighted by atomic mass is 19.1. The minimum absolute atomic E-state index is 0.175. The van der Waals surface area contributed by atoms with Gasteiger partial charge in [0.25, 0.3) is 11.8 Å². The number of methoxy groups -OCH3 is 1. The predicted molar refractivity (Wildman–Crippen MR) is 127 cm³/mol. The zero-order chi connectivity index (χ0) is 24.4. The number of amides is 4. The molecular weight excluding hydrogens is 435 g/mol. The molecule has 0 atom stereocenters. The van der Waals surface area contributed by atoms with Crippen molar-refractivity contribution in [2.75, 3.05) is 12.0 Å². The summed E-state index contributed by atoms with van der Waals surface area (Å²) in [6.45, 7) is 3.69. The van der Waals surface area contributed by atoms with Gasteiger partial charge >= 0.3 is 6.03 Å². The second-order valence-electron chi connectivity index (χ2n) is 8.05. The zero-order valence-corrected chi connectivity index (χ0v) is 19.0. The number of ether oxygens (including phenoxy) is 1. The second-order valence-corrected chi connectivity index (χ2v) is 8.05. The first-order valence-corrected chi connectivity index (χ1v) is 10.7. The number of rotatable bonds is 5. The van der Waals surface area contributed by atoms with Gasteiger partial charge in [-0.3, -0.25) is 14.9 Å². The van der Waals surface area contributed by atoms with E-state index in [4.69, 9.17) is 4.74 Å². The van der Waals surface area contributed by atoms with E-state index in [0.29, 0.717) is 23.4 Å². The Balaban J connectivity index is 1.78. The van der Waals surface area contributed by atoms with Crippen molar-refractivity contribution in [3.63, 3.8) is 0 Å². The van der Waals surface area contributed by atoms with Gasteiger partial charge in [-0.25, -0.2) is 14.1 Å². The van der Waals surface area contributed by atoms with Crippen molar-refractivity contribution in [2.24, 2.45) is 0 Å². The lowest BCUT2D eigenvalue weighted by molar-refractivity contribution is -0.122. The maximum Gasteiger partial charge on any atom is 0.335 e. The van der Waals surface area contributed by atoms with Gasteiger partial charge in [-0.05, 0) is 84.5 Å². The average molecular weight is 458 g/mol. The molecule has 1 aliphatic heterocycles. The van der Waals surface area contributed by atoms with E-state index in [2.05, 4.69) is 5.32 Å². The van der Waals surface area contributed by atoms with Gasteiger partial charge < -0.3 is 4.74 Å². The molecule has 1 aliphatic rings. The number of barbiturate groups is 1. The topological polar surface area (TPSA) is 75.7 Å². The molecule has 1 heterocycles. The molecule has 172 valence electrons. The number of carbonyl (C=O) groups excluding carboxylic acids is 3. The highest BCUT2D eigenvalue weighted by Gasteiger charge is 2.37. The molecule has 3 aromatic rings. The molecule has 1 saturated heterocycles. The molecule has 0 spiro atoms. The van der Waals surface area contributed by atoms with Crippen LogP contribution < -0.4 is 15.0 Å². The maximum atomic E-state index is 13.7. The van der Waals surface area contributed by atoms with Crippen molar-refractivity contribution in [1.29, 1.82) is 0 Å². The van der Waals surface area contributed by atoms with E-state index in [1.165, 1.54) is 25.3 Å². The summed E-state index contributed by atoms with van der Waals surface area (Å²) in [5.74, 6) is -1.26. The summed E-state index contributed by atoms with van der Waals surface area (Å²) in [7, 11) is 1.53. The van der Waals surface area contributed by atoms with Crippen LogP contribution in [0.15, 0.2) is 66.2 Å². The van der Waals surface area contributed by atoms with E-state index < -0.39 is 17.8 Å². The summed E-state index contributed by atoms with van der Waals surface area (Å²) < 4.78 is 19.0. The third kappa shape index (κ3) is 4.45. The van der Waals surface area contributed by atoms with E-state index in [9.17, 15) is 18.8 Å². The maximum absolute atomic E-state index is 13.7. The minimum atomic E-state index is -0.796. The largest absolute Gasteiger partial charge is 0.497 e. The van der Waals surface area contributed by atoms with Gasteiger partial charge in [0.05, 0.1) is 12.8 Å². The Labute approximate surface area is 196 Å². The number of hydrogen-bond acceptors (Lipinski definition) is 4. The molecule has 1 fully saturated rings. The van der Waals surface area contributed by atoms with Crippen LogP contribution in [-0.2, 0) is 16.0 Å². The Morgan fingerprint density at radius 1 is 1.00 bits per heavy atom. The molecule has 0 aliphatic carbocycles. The van der Waals surface area contributed by atoms with Crippen LogP contribution in [0.5, 0.6) is 5.75 Å². The summed E-state index contributed by atoms with van der Waals surface area (Å²) in [5, 5.41) is 2.26. The van der Waals surface area contributed by atoms with Gasteiger partial charge in [0.1, 0.15) is 17.1 Å². The van der Waals surface area contributed by atoms with Crippen LogP contribution in [0.2, 0.25) is 0 Å². The standard InChI is InChI=1S/C27H23FN2O4/c1-16-6-4-9-24(17(16)2)30-26(32)23(25(31)29-27(30)33)15-19-10-11-22(34-3)14-20(19)12-18-7-5-8-21(28)13-18/h4-11,13-15H,12H2,1-3H3,(H,29,31,33)/b23-15+. The monoisotopic (exact) mass is 458 g/mol. The van der Waals surface area contributed by atoms with Crippen molar-refractivity contribution in [1.82, 2.24) is 5.32 Å². The van der Waals surface area contributed by atoms with Crippen LogP contribution in [0.1, 0.15) is 27.8 Å². The van der Waals surface area contributed by atoms with Gasteiger partial charge in [-0.2, -0.15) is 0 Å². The number of carbonyl (C=O) groups is 3. The third-order valence-electron chi connectivity index (χ3n) is 5.85. The number of urea groups is 1. The highest BCUT2D eigenvalue weighted by molar-refractivity contribution is 6.39. The highest BCUT2D eigenvalue weighted by Crippen LogP contribution is 2.28. The Hall–Kier alpha value is -4.26. The number of nitrogens with zero attached hydrogens (tertiary/aromatic N) is 1. The number of benzene rings is 3. The van der Waals surface area contributed by atoms with Crippen molar-refractivity contribution in [2.45, 2.75) is 20.3 Å². The van der Waals surface area contributed by atoms with E-state index in [1.54, 1.807) is 42.5 Å². The summed E-state index contributed by atoms with van der Waals surface area (Å²) in [5.41, 5.74) is 3.94. The fourth-order valence-corrected chi connectivity index (χ4v) is 3.88. The molecule has 0 unspecified atom stereocenters. The first-order valence-electron chi connectivity index (χ1n) is 10.7. The van der Waals surface area contributed by atoms with Crippen molar-refractivity contribution in [3.8, 4) is 5.75 Å². The molecular formula is C27H23FN2O4. The van der Waals surface area contributed by atoms with Crippen molar-refractivity contribution >= 4 is 29.6 Å². The van der Waals surface area contributed by atoms with Gasteiger partial charge in [0, 0.05) is 0 Å². The van der Waals surface area contributed by atoms with E-state index in [-0.39, 0.29) is 11.4 Å². The lowest BCUT2D eigenvalue weighted by Gasteiger charge is -2.28. The first kappa shape index (κ1) is 22.9. The van der Waals surface area contributed by atoms with Crippen LogP contribution >= 0.6 is 0 Å². The van der Waals surface area contributed by atoms with Gasteiger partial charge in [-0.15, -0.1) is 0 Å². The Morgan fingerprint density at radius 2 is 1.76 bits per heavy atom. The smallest absolute Gasteiger partial charge is 0.335 e. The molecule has 4 amide bonds. The summed E-state index contributed by atoms with van der Waals surface area (Å²) in [4.78, 5) is 39.6. The van der Waals surface area contributed by atoms with Crippen molar-refractivity contribution < 1.29 is 23.5 Å². The lowest BCUT2D eigenvalue weighted by atomic mass is 9.96. The van der Waals surface area contributed by atoms with E-state index in [0.717, 1.165) is 27.2 Å². The number of imide groups is 2. The number of anilines is 1. The van der Waals surface area contributed by atoms with Crippen LogP contribution in [0.3, 0.4) is 0 Å². The van der Waals surface area contributed by atoms with E-state index in [1.807, 2.05) is 19.9 Å². The van der Waals surface area contributed by atoms with Crippen LogP contribution in [0.4, 0.5) is 14.9 Å². The molecule has 7 heteroatoms. The van der Waals surface area contributed by atoms with Gasteiger partial charge in [0.15, 0.2) is 0 Å². The Morgan fingerprint density at radius 3 is 2.50 bits per heavy atom. The zero-order valence-electron chi connectivity index (χ0n) is 19.0. The van der Waals surface area contributed by atoms with Gasteiger partial charge in [0.2, 0.25) is 0 Å². The number of halogens is 1. The molecule has 0 saturated carbocycles. The Bertz CT molecular complexity index is 1350. The van der Waals surface area contributed by atoms with Crippen LogP contribution in [0, 0.1) is 19.7 Å². The molecule has 6 nitrogen and oxygen atoms in total.